The van der Waals surface area contributed by atoms with Gasteiger partial charge in [-0.25, -0.2) is 12.8 Å². The van der Waals surface area contributed by atoms with Crippen LogP contribution >= 0.6 is 23.2 Å². The van der Waals surface area contributed by atoms with E-state index in [1.54, 1.807) is 6.92 Å². The van der Waals surface area contributed by atoms with Crippen molar-refractivity contribution < 1.29 is 22.7 Å². The van der Waals surface area contributed by atoms with E-state index in [-0.39, 0.29) is 11.4 Å². The highest BCUT2D eigenvalue weighted by atomic mass is 35.5. The van der Waals surface area contributed by atoms with E-state index in [9.17, 15) is 17.6 Å². The van der Waals surface area contributed by atoms with Crippen molar-refractivity contribution in [2.75, 3.05) is 0 Å². The van der Waals surface area contributed by atoms with Crippen molar-refractivity contribution in [3.63, 3.8) is 0 Å². The average Bonchev–Trinajstić information content (AvgIpc) is 2.34. The molecular formula is C11H12Cl2FNO4S. The van der Waals surface area contributed by atoms with Crippen LogP contribution in [0.5, 0.6) is 0 Å². The molecule has 20 heavy (non-hydrogen) atoms. The molecule has 5 nitrogen and oxygen atoms in total. The number of halogens is 3. The average molecular weight is 344 g/mol. The number of hydrogen-bond donors (Lipinski definition) is 2. The SMILES string of the molecule is CCC[C@H](NS(=O)(=O)c1ccc(Cl)c(F)c1Cl)C(=O)O. The number of hydrogen-bond acceptors (Lipinski definition) is 3. The van der Waals surface area contributed by atoms with Crippen LogP contribution in [0.15, 0.2) is 17.0 Å². The van der Waals surface area contributed by atoms with Crippen LogP contribution in [0.25, 0.3) is 0 Å². The molecule has 0 heterocycles. The molecule has 0 aromatic heterocycles. The van der Waals surface area contributed by atoms with Crippen LogP contribution in [0.2, 0.25) is 10.0 Å². The van der Waals surface area contributed by atoms with Crippen LogP contribution < -0.4 is 4.72 Å². The van der Waals surface area contributed by atoms with Crippen LogP contribution in [0, 0.1) is 5.82 Å². The van der Waals surface area contributed by atoms with E-state index < -0.39 is 37.8 Å². The molecule has 1 rings (SSSR count). The lowest BCUT2D eigenvalue weighted by atomic mass is 10.2. The summed E-state index contributed by atoms with van der Waals surface area (Å²) in [6.45, 7) is 1.71. The number of carboxylic acids is 1. The molecule has 0 saturated carbocycles. The molecule has 1 aromatic rings. The maximum atomic E-state index is 13.5. The third-order valence-corrected chi connectivity index (χ3v) is 4.75. The standard InChI is InChI=1S/C11H12Cl2FNO4S/c1-2-3-7(11(16)17)15-20(18,19)8-5-4-6(12)10(14)9(8)13/h4-5,7,15H,2-3H2,1H3,(H,16,17)/t7-/m0/s1. The topological polar surface area (TPSA) is 83.5 Å². The van der Waals surface area contributed by atoms with Crippen molar-refractivity contribution in [1.29, 1.82) is 0 Å². The van der Waals surface area contributed by atoms with Gasteiger partial charge in [0.25, 0.3) is 0 Å². The van der Waals surface area contributed by atoms with Gasteiger partial charge in [0.1, 0.15) is 10.9 Å². The van der Waals surface area contributed by atoms with Gasteiger partial charge in [-0.05, 0) is 18.6 Å². The Bertz CT molecular complexity index is 621. The zero-order valence-corrected chi connectivity index (χ0v) is 12.7. The Kier molecular flexibility index (Phi) is 5.76. The maximum Gasteiger partial charge on any atom is 0.321 e. The van der Waals surface area contributed by atoms with Gasteiger partial charge in [0.15, 0.2) is 5.82 Å². The molecule has 0 unspecified atom stereocenters. The summed E-state index contributed by atoms with van der Waals surface area (Å²) in [6, 6.07) is 0.744. The first-order chi connectivity index (χ1) is 9.20. The second-order valence-electron chi connectivity index (χ2n) is 3.97. The highest BCUT2D eigenvalue weighted by molar-refractivity contribution is 7.89. The van der Waals surface area contributed by atoms with Crippen LogP contribution in [-0.4, -0.2) is 25.5 Å². The van der Waals surface area contributed by atoms with E-state index in [2.05, 4.69) is 0 Å². The van der Waals surface area contributed by atoms with Gasteiger partial charge < -0.3 is 5.11 Å². The molecule has 0 aliphatic heterocycles. The molecule has 0 aliphatic carbocycles. The summed E-state index contributed by atoms with van der Waals surface area (Å²) >= 11 is 11.1. The normalized spacial score (nSPS) is 13.2. The zero-order valence-electron chi connectivity index (χ0n) is 10.4. The summed E-state index contributed by atoms with van der Waals surface area (Å²) in [7, 11) is -4.26. The van der Waals surface area contributed by atoms with E-state index >= 15 is 0 Å². The van der Waals surface area contributed by atoms with Crippen LogP contribution in [-0.2, 0) is 14.8 Å². The number of carboxylic acid groups (broad SMARTS) is 1. The molecule has 0 saturated heterocycles. The molecule has 0 radical (unpaired) electrons. The lowest BCUT2D eigenvalue weighted by molar-refractivity contribution is -0.139. The molecule has 0 aliphatic rings. The third-order valence-electron chi connectivity index (χ3n) is 2.46. The van der Waals surface area contributed by atoms with E-state index in [0.717, 1.165) is 12.1 Å². The molecule has 2 N–H and O–H groups in total. The molecule has 9 heteroatoms. The number of benzene rings is 1. The monoisotopic (exact) mass is 343 g/mol. The summed E-state index contributed by atoms with van der Waals surface area (Å²) in [6.07, 6.45) is 0.560. The van der Waals surface area contributed by atoms with Gasteiger partial charge in [-0.1, -0.05) is 36.5 Å². The Hall–Kier alpha value is -0.890. The van der Waals surface area contributed by atoms with Gasteiger partial charge in [-0.15, -0.1) is 0 Å². The predicted molar refractivity (Wildman–Crippen MR) is 73.1 cm³/mol. The molecule has 112 valence electrons. The summed E-state index contributed by atoms with van der Waals surface area (Å²) in [5, 5.41) is 7.93. The lowest BCUT2D eigenvalue weighted by Gasteiger charge is -2.15. The maximum absolute atomic E-state index is 13.5. The van der Waals surface area contributed by atoms with Crippen molar-refractivity contribution in [3.8, 4) is 0 Å². The minimum Gasteiger partial charge on any atom is -0.480 e. The molecule has 1 atom stereocenters. The van der Waals surface area contributed by atoms with Gasteiger partial charge in [0.2, 0.25) is 10.0 Å². The van der Waals surface area contributed by atoms with Crippen molar-refractivity contribution in [2.24, 2.45) is 0 Å². The van der Waals surface area contributed by atoms with E-state index in [4.69, 9.17) is 28.3 Å². The van der Waals surface area contributed by atoms with Gasteiger partial charge in [0, 0.05) is 0 Å². The second-order valence-corrected chi connectivity index (χ2v) is 6.44. The highest BCUT2D eigenvalue weighted by Crippen LogP contribution is 2.29. The van der Waals surface area contributed by atoms with Gasteiger partial charge in [-0.3, -0.25) is 4.79 Å². The number of sulfonamides is 1. The van der Waals surface area contributed by atoms with Crippen molar-refractivity contribution in [1.82, 2.24) is 4.72 Å². The zero-order chi connectivity index (χ0) is 15.5. The number of nitrogens with one attached hydrogen (secondary N) is 1. The van der Waals surface area contributed by atoms with E-state index in [1.807, 2.05) is 4.72 Å². The number of carbonyl (C=O) groups is 1. The van der Waals surface area contributed by atoms with Crippen LogP contribution in [0.4, 0.5) is 4.39 Å². The van der Waals surface area contributed by atoms with E-state index in [0.29, 0.717) is 6.42 Å². The Morgan fingerprint density at radius 2 is 2.05 bits per heavy atom. The fourth-order valence-corrected chi connectivity index (χ4v) is 3.46. The Morgan fingerprint density at radius 3 is 2.55 bits per heavy atom. The molecule has 1 aromatic carbocycles. The van der Waals surface area contributed by atoms with Crippen molar-refractivity contribution in [3.05, 3.63) is 28.0 Å². The summed E-state index contributed by atoms with van der Waals surface area (Å²) in [5.41, 5.74) is 0. The Morgan fingerprint density at radius 1 is 1.45 bits per heavy atom. The van der Waals surface area contributed by atoms with Gasteiger partial charge in [-0.2, -0.15) is 4.72 Å². The number of rotatable bonds is 6. The predicted octanol–water partition coefficient (Wildman–Crippen LogP) is 2.66. The van der Waals surface area contributed by atoms with Crippen LogP contribution in [0.1, 0.15) is 19.8 Å². The fourth-order valence-electron chi connectivity index (χ4n) is 1.49. The van der Waals surface area contributed by atoms with E-state index in [1.165, 1.54) is 0 Å². The molecular weight excluding hydrogens is 332 g/mol. The molecule has 0 amide bonds. The Labute approximate surface area is 125 Å². The summed E-state index contributed by atoms with van der Waals surface area (Å²) < 4.78 is 39.5. The number of aliphatic carboxylic acids is 1. The smallest absolute Gasteiger partial charge is 0.321 e. The lowest BCUT2D eigenvalue weighted by Crippen LogP contribution is -2.40. The third kappa shape index (κ3) is 3.82. The summed E-state index contributed by atoms with van der Waals surface area (Å²) in [4.78, 5) is 10.4. The quantitative estimate of drug-likeness (QED) is 0.777. The highest BCUT2D eigenvalue weighted by Gasteiger charge is 2.27. The Balaban J connectivity index is 3.17. The van der Waals surface area contributed by atoms with Crippen molar-refractivity contribution in [2.45, 2.75) is 30.7 Å². The minimum atomic E-state index is -4.26. The minimum absolute atomic E-state index is 0.0995. The molecule has 0 spiro atoms. The molecule has 0 bridgehead atoms. The largest absolute Gasteiger partial charge is 0.480 e. The first-order valence-electron chi connectivity index (χ1n) is 5.59. The van der Waals surface area contributed by atoms with Gasteiger partial charge >= 0.3 is 5.97 Å². The molecule has 0 fully saturated rings. The second kappa shape index (κ2) is 6.71. The van der Waals surface area contributed by atoms with Gasteiger partial charge in [0.05, 0.1) is 10.0 Å². The first-order valence-corrected chi connectivity index (χ1v) is 7.83. The van der Waals surface area contributed by atoms with Crippen LogP contribution in [0.3, 0.4) is 0 Å². The fraction of sp³-hybridized carbons (Fsp3) is 0.364. The first kappa shape index (κ1) is 17.2. The van der Waals surface area contributed by atoms with Crippen molar-refractivity contribution >= 4 is 39.2 Å². The summed E-state index contributed by atoms with van der Waals surface area (Å²) in [5.74, 6) is -2.39.